The van der Waals surface area contributed by atoms with Crippen LogP contribution in [0.5, 0.6) is 5.75 Å². The van der Waals surface area contributed by atoms with Crippen LogP contribution in [0.15, 0.2) is 12.1 Å². The zero-order chi connectivity index (χ0) is 15.4. The van der Waals surface area contributed by atoms with E-state index in [1.165, 1.54) is 20.0 Å². The third-order valence-electron chi connectivity index (χ3n) is 4.24. The summed E-state index contributed by atoms with van der Waals surface area (Å²) in [6, 6.07) is 3.23. The van der Waals surface area contributed by atoms with Gasteiger partial charge in [-0.1, -0.05) is 11.6 Å². The van der Waals surface area contributed by atoms with Gasteiger partial charge in [0.25, 0.3) is 0 Å². The second kappa shape index (κ2) is 7.14. The molecule has 0 spiro atoms. The number of ether oxygens (including phenoxy) is 1. The number of halogens is 1. The van der Waals surface area contributed by atoms with E-state index in [0.717, 1.165) is 19.5 Å². The fraction of sp³-hybridized carbons (Fsp3) is 0.562. The molecule has 0 aromatic heterocycles. The molecule has 1 fully saturated rings. The van der Waals surface area contributed by atoms with Crippen molar-refractivity contribution in [2.45, 2.75) is 25.7 Å². The number of nitrogens with two attached hydrogens (primary N) is 1. The maximum atomic E-state index is 12.4. The van der Waals surface area contributed by atoms with E-state index in [2.05, 4.69) is 11.9 Å². The molecular formula is C16H23ClN2O2. The van der Waals surface area contributed by atoms with Gasteiger partial charge in [-0.2, -0.15) is 0 Å². The normalized spacial score (nSPS) is 16.9. The Morgan fingerprint density at radius 1 is 1.43 bits per heavy atom. The summed E-state index contributed by atoms with van der Waals surface area (Å²) in [5.41, 5.74) is 6.70. The third kappa shape index (κ3) is 4.11. The second-order valence-electron chi connectivity index (χ2n) is 5.78. The Bertz CT molecular complexity index is 511. The molecule has 0 radical (unpaired) electrons. The van der Waals surface area contributed by atoms with E-state index in [1.54, 1.807) is 12.1 Å². The van der Waals surface area contributed by atoms with Crippen molar-refractivity contribution in [2.75, 3.05) is 33.0 Å². The number of likely N-dealkylation sites (tertiary alicyclic amines) is 1. The highest BCUT2D eigenvalue weighted by atomic mass is 35.5. The zero-order valence-corrected chi connectivity index (χ0v) is 13.4. The predicted octanol–water partition coefficient (Wildman–Crippen LogP) is 3.24. The molecular weight excluding hydrogens is 288 g/mol. The molecule has 1 aliphatic rings. The summed E-state index contributed by atoms with van der Waals surface area (Å²) in [5.74, 6) is 1.22. The highest BCUT2D eigenvalue weighted by molar-refractivity contribution is 6.33. The number of hydrogen-bond donors (Lipinski definition) is 1. The van der Waals surface area contributed by atoms with Gasteiger partial charge in [-0.25, -0.2) is 0 Å². The summed E-state index contributed by atoms with van der Waals surface area (Å²) in [5, 5.41) is 0.401. The summed E-state index contributed by atoms with van der Waals surface area (Å²) < 4.78 is 5.24. The van der Waals surface area contributed by atoms with Gasteiger partial charge in [-0.3, -0.25) is 4.79 Å². The fourth-order valence-corrected chi connectivity index (χ4v) is 2.94. The van der Waals surface area contributed by atoms with Crippen molar-refractivity contribution in [3.63, 3.8) is 0 Å². The summed E-state index contributed by atoms with van der Waals surface area (Å²) in [4.78, 5) is 14.7. The molecule has 0 unspecified atom stereocenters. The van der Waals surface area contributed by atoms with Gasteiger partial charge in [-0.05, 0) is 51.4 Å². The number of rotatable bonds is 5. The molecule has 0 amide bonds. The standard InChI is InChI=1S/C16H23ClN2O2/c1-19-7-5-11(6-8-19)3-4-15(20)12-9-13(17)14(18)10-16(12)21-2/h9-11H,3-8,18H2,1-2H3. The molecule has 1 aliphatic heterocycles. The van der Waals surface area contributed by atoms with Crippen molar-refractivity contribution >= 4 is 23.1 Å². The number of nitrogen functional groups attached to an aromatic ring is 1. The Morgan fingerprint density at radius 3 is 2.71 bits per heavy atom. The topological polar surface area (TPSA) is 55.6 Å². The van der Waals surface area contributed by atoms with Crippen molar-refractivity contribution in [2.24, 2.45) is 5.92 Å². The Labute approximate surface area is 131 Å². The number of hydrogen-bond acceptors (Lipinski definition) is 4. The summed E-state index contributed by atoms with van der Waals surface area (Å²) in [6.45, 7) is 2.24. The number of piperidine rings is 1. The van der Waals surface area contributed by atoms with Gasteiger partial charge in [0.1, 0.15) is 5.75 Å². The molecule has 1 heterocycles. The summed E-state index contributed by atoms with van der Waals surface area (Å²) >= 11 is 6.01. The van der Waals surface area contributed by atoms with Gasteiger partial charge < -0.3 is 15.4 Å². The number of Topliss-reactive ketones (excluding diaryl/α,β-unsaturated/α-hetero) is 1. The van der Waals surface area contributed by atoms with Crippen LogP contribution < -0.4 is 10.5 Å². The van der Waals surface area contributed by atoms with Gasteiger partial charge >= 0.3 is 0 Å². The minimum atomic E-state index is 0.0766. The minimum absolute atomic E-state index is 0.0766. The maximum Gasteiger partial charge on any atom is 0.166 e. The monoisotopic (exact) mass is 310 g/mol. The van der Waals surface area contributed by atoms with E-state index < -0.39 is 0 Å². The molecule has 0 atom stereocenters. The quantitative estimate of drug-likeness (QED) is 0.670. The van der Waals surface area contributed by atoms with E-state index in [0.29, 0.717) is 34.4 Å². The van der Waals surface area contributed by atoms with Gasteiger partial charge in [0.2, 0.25) is 0 Å². The van der Waals surface area contributed by atoms with Crippen LogP contribution in [0.3, 0.4) is 0 Å². The van der Waals surface area contributed by atoms with Crippen LogP contribution >= 0.6 is 11.6 Å². The predicted molar refractivity (Wildman–Crippen MR) is 86.2 cm³/mol. The van der Waals surface area contributed by atoms with E-state index in [9.17, 15) is 4.79 Å². The number of ketones is 1. The number of nitrogens with zero attached hydrogens (tertiary/aromatic N) is 1. The van der Waals surface area contributed by atoms with Crippen LogP contribution in [-0.4, -0.2) is 37.9 Å². The lowest BCUT2D eigenvalue weighted by molar-refractivity contribution is 0.0962. The lowest BCUT2D eigenvalue weighted by Gasteiger charge is -2.28. The van der Waals surface area contributed by atoms with Crippen molar-refractivity contribution in [3.8, 4) is 5.75 Å². The number of anilines is 1. The van der Waals surface area contributed by atoms with Crippen LogP contribution in [0.1, 0.15) is 36.0 Å². The third-order valence-corrected chi connectivity index (χ3v) is 4.56. The Balaban J connectivity index is 1.98. The number of methoxy groups -OCH3 is 1. The van der Waals surface area contributed by atoms with Crippen molar-refractivity contribution in [1.29, 1.82) is 0 Å². The Hall–Kier alpha value is -1.26. The molecule has 116 valence electrons. The lowest BCUT2D eigenvalue weighted by atomic mass is 9.90. The fourth-order valence-electron chi connectivity index (χ4n) is 2.78. The maximum absolute atomic E-state index is 12.4. The smallest absolute Gasteiger partial charge is 0.166 e. The molecule has 4 nitrogen and oxygen atoms in total. The largest absolute Gasteiger partial charge is 0.496 e. The average molecular weight is 311 g/mol. The van der Waals surface area contributed by atoms with E-state index in [4.69, 9.17) is 22.1 Å². The van der Waals surface area contributed by atoms with Crippen LogP contribution in [0.4, 0.5) is 5.69 Å². The van der Waals surface area contributed by atoms with Crippen LogP contribution in [0.2, 0.25) is 5.02 Å². The van der Waals surface area contributed by atoms with Crippen molar-refractivity contribution < 1.29 is 9.53 Å². The van der Waals surface area contributed by atoms with Gasteiger partial charge in [-0.15, -0.1) is 0 Å². The average Bonchev–Trinajstić information content (AvgIpc) is 2.48. The Morgan fingerprint density at radius 2 is 2.10 bits per heavy atom. The van der Waals surface area contributed by atoms with E-state index >= 15 is 0 Å². The summed E-state index contributed by atoms with van der Waals surface area (Å²) in [7, 11) is 3.68. The first-order valence-electron chi connectivity index (χ1n) is 7.36. The van der Waals surface area contributed by atoms with Crippen molar-refractivity contribution in [1.82, 2.24) is 4.90 Å². The SMILES string of the molecule is COc1cc(N)c(Cl)cc1C(=O)CCC1CCN(C)CC1. The summed E-state index contributed by atoms with van der Waals surface area (Å²) in [6.07, 6.45) is 3.80. The van der Waals surface area contributed by atoms with E-state index in [1.807, 2.05) is 0 Å². The first-order chi connectivity index (χ1) is 10.0. The first kappa shape index (κ1) is 16.1. The van der Waals surface area contributed by atoms with E-state index in [-0.39, 0.29) is 5.78 Å². The highest BCUT2D eigenvalue weighted by Crippen LogP contribution is 2.31. The molecule has 21 heavy (non-hydrogen) atoms. The molecule has 0 saturated carbocycles. The van der Waals surface area contributed by atoms with Gasteiger partial charge in [0.05, 0.1) is 23.4 Å². The second-order valence-corrected chi connectivity index (χ2v) is 6.19. The molecule has 5 heteroatoms. The van der Waals surface area contributed by atoms with Gasteiger partial charge in [0.15, 0.2) is 5.78 Å². The van der Waals surface area contributed by atoms with Crippen LogP contribution in [-0.2, 0) is 0 Å². The molecule has 2 N–H and O–H groups in total. The molecule has 1 saturated heterocycles. The molecule has 1 aromatic carbocycles. The molecule has 1 aromatic rings. The lowest BCUT2D eigenvalue weighted by Crippen LogP contribution is -2.30. The Kier molecular flexibility index (Phi) is 5.48. The first-order valence-corrected chi connectivity index (χ1v) is 7.73. The number of carbonyl (C=O) groups is 1. The molecule has 0 aliphatic carbocycles. The minimum Gasteiger partial charge on any atom is -0.496 e. The zero-order valence-electron chi connectivity index (χ0n) is 12.7. The van der Waals surface area contributed by atoms with Crippen LogP contribution in [0.25, 0.3) is 0 Å². The molecule has 2 rings (SSSR count). The highest BCUT2D eigenvalue weighted by Gasteiger charge is 2.20. The number of carbonyl (C=O) groups excluding carboxylic acids is 1. The van der Waals surface area contributed by atoms with Crippen LogP contribution in [0, 0.1) is 5.92 Å². The van der Waals surface area contributed by atoms with Gasteiger partial charge in [0, 0.05) is 12.5 Å². The molecule has 0 bridgehead atoms. The van der Waals surface area contributed by atoms with Crippen molar-refractivity contribution in [3.05, 3.63) is 22.7 Å². The number of benzene rings is 1.